The zero-order chi connectivity index (χ0) is 25.0. The second kappa shape index (κ2) is 10.7. The Morgan fingerprint density at radius 1 is 1.18 bits per heavy atom. The third-order valence-corrected chi connectivity index (χ3v) is 6.25. The average molecular weight is 504 g/mol. The average Bonchev–Trinajstić information content (AvgIpc) is 2.85. The van der Waals surface area contributed by atoms with Crippen molar-refractivity contribution in [2.75, 3.05) is 10.7 Å². The molecule has 0 unspecified atom stereocenters. The van der Waals surface area contributed by atoms with E-state index in [1.165, 1.54) is 11.8 Å². The van der Waals surface area contributed by atoms with Crippen LogP contribution in [0.15, 0.2) is 47.4 Å². The van der Waals surface area contributed by atoms with E-state index in [2.05, 4.69) is 10.6 Å². The van der Waals surface area contributed by atoms with Crippen LogP contribution in [0.25, 0.3) is 0 Å². The van der Waals surface area contributed by atoms with Crippen molar-refractivity contribution in [3.8, 4) is 0 Å². The standard InChI is InChI=1S/C25H30ClN3O4S/c1-15(2)27-22(30)17-8-11-21-20(12-17)29(13-16-6-9-18(26)10-7-16)23(31)19(14-34-21)28-24(32)33-25(3,4)5/h6-12,15,19H,13-14H2,1-5H3,(H,27,30)(H,28,32)/t19-/m0/s1. The van der Waals surface area contributed by atoms with Gasteiger partial charge < -0.3 is 20.3 Å². The van der Waals surface area contributed by atoms with Crippen LogP contribution >= 0.6 is 23.4 Å². The van der Waals surface area contributed by atoms with Gasteiger partial charge >= 0.3 is 6.09 Å². The van der Waals surface area contributed by atoms with Crippen LogP contribution in [0.1, 0.15) is 50.5 Å². The Labute approximate surface area is 209 Å². The summed E-state index contributed by atoms with van der Waals surface area (Å²) in [6, 6.07) is 11.7. The number of hydrogen-bond acceptors (Lipinski definition) is 5. The second-order valence-corrected chi connectivity index (χ2v) is 10.9. The maximum atomic E-state index is 13.7. The van der Waals surface area contributed by atoms with Gasteiger partial charge in [0.15, 0.2) is 0 Å². The number of nitrogens with zero attached hydrogens (tertiary/aromatic N) is 1. The van der Waals surface area contributed by atoms with Crippen molar-refractivity contribution in [1.82, 2.24) is 10.6 Å². The van der Waals surface area contributed by atoms with Gasteiger partial charge in [-0.25, -0.2) is 4.79 Å². The van der Waals surface area contributed by atoms with Crippen LogP contribution in [0.2, 0.25) is 5.02 Å². The number of ether oxygens (including phenoxy) is 1. The highest BCUT2D eigenvalue weighted by Gasteiger charge is 2.33. The molecule has 0 aromatic heterocycles. The minimum absolute atomic E-state index is 0.0186. The lowest BCUT2D eigenvalue weighted by Gasteiger charge is -2.27. The van der Waals surface area contributed by atoms with E-state index in [-0.39, 0.29) is 24.4 Å². The number of fused-ring (bicyclic) bond motifs is 1. The molecule has 1 atom stereocenters. The topological polar surface area (TPSA) is 87.7 Å². The molecule has 3 amide bonds. The van der Waals surface area contributed by atoms with E-state index >= 15 is 0 Å². The van der Waals surface area contributed by atoms with E-state index in [4.69, 9.17) is 16.3 Å². The molecule has 2 aromatic carbocycles. The van der Waals surface area contributed by atoms with Crippen LogP contribution in [0, 0.1) is 0 Å². The SMILES string of the molecule is CC(C)NC(=O)c1ccc2c(c1)N(Cc1ccc(Cl)cc1)C(=O)[C@@H](NC(=O)OC(C)(C)C)CS2. The van der Waals surface area contributed by atoms with Gasteiger partial charge in [-0.3, -0.25) is 9.59 Å². The molecule has 1 aliphatic rings. The Hall–Kier alpha value is -2.71. The second-order valence-electron chi connectivity index (χ2n) is 9.37. The van der Waals surface area contributed by atoms with Gasteiger partial charge in [-0.2, -0.15) is 0 Å². The zero-order valence-electron chi connectivity index (χ0n) is 20.0. The van der Waals surface area contributed by atoms with Crippen molar-refractivity contribution < 1.29 is 19.1 Å². The van der Waals surface area contributed by atoms with Gasteiger partial charge in [-0.05, 0) is 70.5 Å². The number of nitrogens with one attached hydrogen (secondary N) is 2. The van der Waals surface area contributed by atoms with E-state index in [0.717, 1.165) is 10.5 Å². The smallest absolute Gasteiger partial charge is 0.408 e. The van der Waals surface area contributed by atoms with Gasteiger partial charge in [0.25, 0.3) is 11.8 Å². The maximum absolute atomic E-state index is 13.7. The summed E-state index contributed by atoms with van der Waals surface area (Å²) in [5.41, 5.74) is 1.26. The Morgan fingerprint density at radius 3 is 2.47 bits per heavy atom. The summed E-state index contributed by atoms with van der Waals surface area (Å²) in [4.78, 5) is 41.2. The number of anilines is 1. The molecule has 0 fully saturated rings. The van der Waals surface area contributed by atoms with Crippen molar-refractivity contribution in [1.29, 1.82) is 0 Å². The van der Waals surface area contributed by atoms with E-state index in [1.807, 2.05) is 32.0 Å². The first-order valence-corrected chi connectivity index (χ1v) is 12.4. The van der Waals surface area contributed by atoms with E-state index in [1.54, 1.807) is 49.9 Å². The number of alkyl carbamates (subject to hydrolysis) is 1. The number of carbonyl (C=O) groups excluding carboxylic acids is 3. The van der Waals surface area contributed by atoms with E-state index in [9.17, 15) is 14.4 Å². The van der Waals surface area contributed by atoms with Crippen molar-refractivity contribution in [2.24, 2.45) is 0 Å². The summed E-state index contributed by atoms with van der Waals surface area (Å²) in [6.07, 6.45) is -0.652. The van der Waals surface area contributed by atoms with Crippen LogP contribution < -0.4 is 15.5 Å². The fourth-order valence-electron chi connectivity index (χ4n) is 3.38. The van der Waals surface area contributed by atoms with Crippen LogP contribution in [0.4, 0.5) is 10.5 Å². The van der Waals surface area contributed by atoms with Gasteiger partial charge in [0, 0.05) is 27.3 Å². The maximum Gasteiger partial charge on any atom is 0.408 e. The van der Waals surface area contributed by atoms with Crippen molar-refractivity contribution in [2.45, 2.75) is 63.7 Å². The number of amides is 3. The molecule has 2 aromatic rings. The Bertz CT molecular complexity index is 1070. The molecule has 2 N–H and O–H groups in total. The van der Waals surface area contributed by atoms with Crippen molar-refractivity contribution in [3.63, 3.8) is 0 Å². The number of carbonyl (C=O) groups is 3. The third kappa shape index (κ3) is 6.90. The summed E-state index contributed by atoms with van der Waals surface area (Å²) in [6.45, 7) is 9.33. The molecule has 0 radical (unpaired) electrons. The van der Waals surface area contributed by atoms with Gasteiger partial charge in [0.05, 0.1) is 12.2 Å². The minimum Gasteiger partial charge on any atom is -0.444 e. The Balaban J connectivity index is 1.96. The summed E-state index contributed by atoms with van der Waals surface area (Å²) < 4.78 is 5.36. The summed E-state index contributed by atoms with van der Waals surface area (Å²) in [5, 5.41) is 6.19. The van der Waals surface area contributed by atoms with Crippen LogP contribution in [0.5, 0.6) is 0 Å². The number of rotatable bonds is 5. The molecule has 0 saturated heterocycles. The molecule has 7 nitrogen and oxygen atoms in total. The molecule has 0 bridgehead atoms. The fraction of sp³-hybridized carbons (Fsp3) is 0.400. The van der Waals surface area contributed by atoms with E-state index < -0.39 is 17.7 Å². The van der Waals surface area contributed by atoms with Crippen LogP contribution in [-0.2, 0) is 16.1 Å². The number of halogens is 1. The van der Waals surface area contributed by atoms with Gasteiger partial charge in [0.2, 0.25) is 0 Å². The third-order valence-electron chi connectivity index (χ3n) is 4.85. The van der Waals surface area contributed by atoms with E-state index in [0.29, 0.717) is 22.0 Å². The highest BCUT2D eigenvalue weighted by atomic mass is 35.5. The number of benzene rings is 2. The molecule has 0 saturated carbocycles. The van der Waals surface area contributed by atoms with Crippen molar-refractivity contribution in [3.05, 3.63) is 58.6 Å². The predicted octanol–water partition coefficient (Wildman–Crippen LogP) is 5.01. The lowest BCUT2D eigenvalue weighted by Crippen LogP contribution is -2.50. The Kier molecular flexibility index (Phi) is 8.15. The number of thioether (sulfide) groups is 1. The quantitative estimate of drug-likeness (QED) is 0.598. The number of hydrogen-bond donors (Lipinski definition) is 2. The largest absolute Gasteiger partial charge is 0.444 e. The van der Waals surface area contributed by atoms with Gasteiger partial charge in [0.1, 0.15) is 11.6 Å². The first-order chi connectivity index (χ1) is 15.9. The summed E-state index contributed by atoms with van der Waals surface area (Å²) in [5.74, 6) is -0.164. The molecule has 3 rings (SSSR count). The normalized spacial score (nSPS) is 16.0. The minimum atomic E-state index is -0.799. The molecule has 0 spiro atoms. The molecule has 34 heavy (non-hydrogen) atoms. The molecular weight excluding hydrogens is 474 g/mol. The summed E-state index contributed by atoms with van der Waals surface area (Å²) >= 11 is 7.48. The fourth-order valence-corrected chi connectivity index (χ4v) is 4.56. The zero-order valence-corrected chi connectivity index (χ0v) is 21.5. The van der Waals surface area contributed by atoms with Crippen LogP contribution in [0.3, 0.4) is 0 Å². The molecule has 1 heterocycles. The Morgan fingerprint density at radius 2 is 1.85 bits per heavy atom. The lowest BCUT2D eigenvalue weighted by molar-refractivity contribution is -0.120. The van der Waals surface area contributed by atoms with Crippen LogP contribution in [-0.4, -0.2) is 41.3 Å². The molecule has 0 aliphatic carbocycles. The van der Waals surface area contributed by atoms with Gasteiger partial charge in [-0.1, -0.05) is 23.7 Å². The summed E-state index contributed by atoms with van der Waals surface area (Å²) in [7, 11) is 0. The lowest BCUT2D eigenvalue weighted by atomic mass is 10.1. The molecular formula is C25H30ClN3O4S. The molecule has 1 aliphatic heterocycles. The van der Waals surface area contributed by atoms with Crippen molar-refractivity contribution >= 4 is 47.0 Å². The highest BCUT2D eigenvalue weighted by molar-refractivity contribution is 7.99. The van der Waals surface area contributed by atoms with Gasteiger partial charge in [-0.15, -0.1) is 11.8 Å². The first-order valence-electron chi connectivity index (χ1n) is 11.1. The first kappa shape index (κ1) is 25.9. The highest BCUT2D eigenvalue weighted by Crippen LogP contribution is 2.36. The molecule has 182 valence electrons. The monoisotopic (exact) mass is 503 g/mol. The predicted molar refractivity (Wildman–Crippen MR) is 136 cm³/mol. The molecule has 9 heteroatoms.